The summed E-state index contributed by atoms with van der Waals surface area (Å²) in [6.45, 7) is 4.32. The van der Waals surface area contributed by atoms with Crippen LogP contribution in [0.2, 0.25) is 0 Å². The van der Waals surface area contributed by atoms with Gasteiger partial charge in [0.1, 0.15) is 0 Å². The third kappa shape index (κ3) is 4.85. The molecule has 0 fully saturated rings. The second-order valence-corrected chi connectivity index (χ2v) is 7.10. The lowest BCUT2D eigenvalue weighted by Gasteiger charge is -2.13. The highest BCUT2D eigenvalue weighted by Gasteiger charge is 2.09. The van der Waals surface area contributed by atoms with E-state index in [0.29, 0.717) is 17.4 Å². The molecule has 0 bridgehead atoms. The van der Waals surface area contributed by atoms with Crippen LogP contribution in [-0.2, 0) is 0 Å². The Balaban J connectivity index is 1.62. The monoisotopic (exact) mass is 375 g/mol. The van der Waals surface area contributed by atoms with Crippen molar-refractivity contribution in [1.82, 2.24) is 10.2 Å². The molecule has 144 valence electrons. The van der Waals surface area contributed by atoms with Crippen molar-refractivity contribution in [2.24, 2.45) is 0 Å². The molecule has 0 aliphatic rings. The molecule has 1 amide bonds. The summed E-state index contributed by atoms with van der Waals surface area (Å²) >= 11 is 0. The molecule has 6 heteroatoms. The van der Waals surface area contributed by atoms with E-state index in [2.05, 4.69) is 46.8 Å². The molecule has 2 aromatic carbocycles. The molecule has 0 radical (unpaired) electrons. The van der Waals surface area contributed by atoms with Gasteiger partial charge in [-0.05, 0) is 60.0 Å². The molecule has 1 aromatic heterocycles. The van der Waals surface area contributed by atoms with Gasteiger partial charge >= 0.3 is 0 Å². The van der Waals surface area contributed by atoms with Crippen molar-refractivity contribution in [3.05, 3.63) is 71.9 Å². The predicted molar refractivity (Wildman–Crippen MR) is 115 cm³/mol. The van der Waals surface area contributed by atoms with Gasteiger partial charge in [-0.3, -0.25) is 4.79 Å². The lowest BCUT2D eigenvalue weighted by atomic mass is 10.0. The molecule has 3 aromatic rings. The largest absolute Gasteiger partial charge is 0.378 e. The van der Waals surface area contributed by atoms with Gasteiger partial charge in [0, 0.05) is 31.2 Å². The van der Waals surface area contributed by atoms with E-state index in [1.165, 1.54) is 5.56 Å². The maximum absolute atomic E-state index is 12.4. The zero-order valence-electron chi connectivity index (χ0n) is 16.6. The maximum atomic E-state index is 12.4. The summed E-state index contributed by atoms with van der Waals surface area (Å²) in [7, 11) is 3.94. The SMILES string of the molecule is CC(C)c1ccc(Nc2ccc(C(=O)Nc3ccc(N(C)C)cc3)nn2)cc1. The zero-order chi connectivity index (χ0) is 20.1. The van der Waals surface area contributed by atoms with E-state index in [0.717, 1.165) is 11.4 Å². The minimum absolute atomic E-state index is 0.261. The smallest absolute Gasteiger partial charge is 0.276 e. The second-order valence-electron chi connectivity index (χ2n) is 7.10. The van der Waals surface area contributed by atoms with E-state index < -0.39 is 0 Å². The van der Waals surface area contributed by atoms with E-state index >= 15 is 0 Å². The number of amides is 1. The van der Waals surface area contributed by atoms with Crippen LogP contribution in [-0.4, -0.2) is 30.2 Å². The van der Waals surface area contributed by atoms with Gasteiger partial charge in [0.2, 0.25) is 0 Å². The first kappa shape index (κ1) is 19.4. The van der Waals surface area contributed by atoms with Crippen molar-refractivity contribution in [1.29, 1.82) is 0 Å². The minimum Gasteiger partial charge on any atom is -0.378 e. The number of benzene rings is 2. The molecule has 0 atom stereocenters. The Kier molecular flexibility index (Phi) is 5.89. The van der Waals surface area contributed by atoms with Crippen molar-refractivity contribution in [3.63, 3.8) is 0 Å². The number of nitrogens with one attached hydrogen (secondary N) is 2. The summed E-state index contributed by atoms with van der Waals surface area (Å²) in [6, 6.07) is 19.2. The number of hydrogen-bond acceptors (Lipinski definition) is 5. The highest BCUT2D eigenvalue weighted by Crippen LogP contribution is 2.20. The van der Waals surface area contributed by atoms with Gasteiger partial charge in [0.25, 0.3) is 5.91 Å². The van der Waals surface area contributed by atoms with Crippen molar-refractivity contribution in [2.45, 2.75) is 19.8 Å². The second kappa shape index (κ2) is 8.52. The van der Waals surface area contributed by atoms with Crippen LogP contribution in [0.4, 0.5) is 22.9 Å². The third-order valence-corrected chi connectivity index (χ3v) is 4.39. The van der Waals surface area contributed by atoms with Gasteiger partial charge in [-0.25, -0.2) is 0 Å². The number of rotatable bonds is 6. The van der Waals surface area contributed by atoms with E-state index in [9.17, 15) is 4.79 Å². The molecule has 0 aliphatic heterocycles. The predicted octanol–water partition coefficient (Wildman–Crippen LogP) is 4.66. The number of nitrogens with zero attached hydrogens (tertiary/aromatic N) is 3. The van der Waals surface area contributed by atoms with Gasteiger partial charge in [0.15, 0.2) is 11.5 Å². The summed E-state index contributed by atoms with van der Waals surface area (Å²) in [4.78, 5) is 14.4. The van der Waals surface area contributed by atoms with Crippen LogP contribution in [0.15, 0.2) is 60.7 Å². The topological polar surface area (TPSA) is 70.2 Å². The van der Waals surface area contributed by atoms with Crippen LogP contribution in [0.25, 0.3) is 0 Å². The molecule has 2 N–H and O–H groups in total. The minimum atomic E-state index is -0.294. The summed E-state index contributed by atoms with van der Waals surface area (Å²) in [5, 5.41) is 14.2. The molecule has 0 aliphatic carbocycles. The number of hydrogen-bond donors (Lipinski definition) is 2. The molecule has 0 saturated carbocycles. The molecular weight excluding hydrogens is 350 g/mol. The Labute approximate surface area is 165 Å². The van der Waals surface area contributed by atoms with Gasteiger partial charge in [-0.1, -0.05) is 26.0 Å². The number of carbonyl (C=O) groups is 1. The van der Waals surface area contributed by atoms with E-state index in [1.54, 1.807) is 12.1 Å². The summed E-state index contributed by atoms with van der Waals surface area (Å²) < 4.78 is 0. The number of aromatic nitrogens is 2. The molecule has 0 unspecified atom stereocenters. The maximum Gasteiger partial charge on any atom is 0.276 e. The van der Waals surface area contributed by atoms with Gasteiger partial charge in [-0.15, -0.1) is 10.2 Å². The highest BCUT2D eigenvalue weighted by molar-refractivity contribution is 6.02. The molecule has 0 spiro atoms. The van der Waals surface area contributed by atoms with Crippen molar-refractivity contribution in [2.75, 3.05) is 29.6 Å². The Morgan fingerprint density at radius 1 is 0.857 bits per heavy atom. The first-order valence-electron chi connectivity index (χ1n) is 9.22. The van der Waals surface area contributed by atoms with Crippen LogP contribution >= 0.6 is 0 Å². The molecule has 28 heavy (non-hydrogen) atoms. The average Bonchev–Trinajstić information content (AvgIpc) is 2.69. The Bertz CT molecular complexity index is 917. The normalized spacial score (nSPS) is 10.6. The number of anilines is 4. The van der Waals surface area contributed by atoms with Crippen molar-refractivity contribution in [3.8, 4) is 0 Å². The van der Waals surface area contributed by atoms with E-state index in [4.69, 9.17) is 0 Å². The average molecular weight is 375 g/mol. The number of carbonyl (C=O) groups excluding carboxylic acids is 1. The summed E-state index contributed by atoms with van der Waals surface area (Å²) in [5.74, 6) is 0.785. The van der Waals surface area contributed by atoms with Crippen molar-refractivity contribution >= 4 is 28.8 Å². The quantitative estimate of drug-likeness (QED) is 0.656. The Hall–Kier alpha value is -3.41. The fraction of sp³-hybridized carbons (Fsp3) is 0.227. The lowest BCUT2D eigenvalue weighted by molar-refractivity contribution is 0.102. The molecule has 0 saturated heterocycles. The zero-order valence-corrected chi connectivity index (χ0v) is 16.6. The lowest BCUT2D eigenvalue weighted by Crippen LogP contribution is -2.15. The van der Waals surface area contributed by atoms with Gasteiger partial charge in [0.05, 0.1) is 0 Å². The summed E-state index contributed by atoms with van der Waals surface area (Å²) in [6.07, 6.45) is 0. The third-order valence-electron chi connectivity index (χ3n) is 4.39. The highest BCUT2D eigenvalue weighted by atomic mass is 16.1. The van der Waals surface area contributed by atoms with Gasteiger partial charge < -0.3 is 15.5 Å². The van der Waals surface area contributed by atoms with Crippen LogP contribution < -0.4 is 15.5 Å². The molecule has 1 heterocycles. The molecule has 6 nitrogen and oxygen atoms in total. The summed E-state index contributed by atoms with van der Waals surface area (Å²) in [5.41, 5.74) is 4.25. The first-order valence-corrected chi connectivity index (χ1v) is 9.22. The molecular formula is C22H25N5O. The fourth-order valence-electron chi connectivity index (χ4n) is 2.66. The molecule has 3 rings (SSSR count). The van der Waals surface area contributed by atoms with Crippen LogP contribution in [0, 0.1) is 0 Å². The fourth-order valence-corrected chi connectivity index (χ4v) is 2.66. The van der Waals surface area contributed by atoms with Crippen molar-refractivity contribution < 1.29 is 4.79 Å². The van der Waals surface area contributed by atoms with E-state index in [1.807, 2.05) is 55.4 Å². The van der Waals surface area contributed by atoms with Crippen LogP contribution in [0.1, 0.15) is 35.8 Å². The first-order chi connectivity index (χ1) is 13.4. The Morgan fingerprint density at radius 3 is 2.04 bits per heavy atom. The Morgan fingerprint density at radius 2 is 1.50 bits per heavy atom. The van der Waals surface area contributed by atoms with E-state index in [-0.39, 0.29) is 11.6 Å². The standard InChI is InChI=1S/C22H25N5O/c1-15(2)16-5-7-17(8-6-16)23-21-14-13-20(25-26-21)22(28)24-18-9-11-19(12-10-18)27(3)4/h5-15H,1-4H3,(H,23,26)(H,24,28). The van der Waals surface area contributed by atoms with Crippen LogP contribution in [0.5, 0.6) is 0 Å². The van der Waals surface area contributed by atoms with Crippen LogP contribution in [0.3, 0.4) is 0 Å². The van der Waals surface area contributed by atoms with Gasteiger partial charge in [-0.2, -0.15) is 0 Å².